The lowest BCUT2D eigenvalue weighted by molar-refractivity contribution is -0.115. The van der Waals surface area contributed by atoms with Crippen LogP contribution in [0, 0.1) is 0 Å². The van der Waals surface area contributed by atoms with Crippen molar-refractivity contribution in [1.29, 1.82) is 0 Å². The Hall–Kier alpha value is -2.14. The zero-order valence-electron chi connectivity index (χ0n) is 14.1. The zero-order valence-corrected chi connectivity index (χ0v) is 14.9. The summed E-state index contributed by atoms with van der Waals surface area (Å²) in [6, 6.07) is 9.82. The number of carbonyl (C=O) groups is 1. The highest BCUT2D eigenvalue weighted by atomic mass is 35.5. The van der Waals surface area contributed by atoms with Crippen LogP contribution in [-0.4, -0.2) is 5.91 Å². The Balaban J connectivity index is 2.26. The van der Waals surface area contributed by atoms with E-state index in [1.54, 1.807) is 37.3 Å². The molecule has 0 radical (unpaired) electrons. The number of alkyl halides is 2. The summed E-state index contributed by atoms with van der Waals surface area (Å²) in [5.41, 5.74) is 1.73. The third kappa shape index (κ3) is 4.92. The molecule has 2 rings (SSSR count). The van der Waals surface area contributed by atoms with Crippen LogP contribution in [0.15, 0.2) is 36.4 Å². The minimum absolute atomic E-state index is 0.0236. The fourth-order valence-electron chi connectivity index (χ4n) is 2.33. The van der Waals surface area contributed by atoms with Gasteiger partial charge >= 0.3 is 0 Å². The molecule has 0 fully saturated rings. The zero-order chi connectivity index (χ0) is 18.4. The molecule has 0 unspecified atom stereocenters. The van der Waals surface area contributed by atoms with Gasteiger partial charge in [0.1, 0.15) is 12.4 Å². The Bertz CT molecular complexity index is 750. The molecule has 0 bridgehead atoms. The topological polar surface area (TPSA) is 38.3 Å². The first kappa shape index (κ1) is 19.2. The predicted octanol–water partition coefficient (Wildman–Crippen LogP) is 5.77. The molecule has 0 saturated heterocycles. The first-order valence-electron chi connectivity index (χ1n) is 8.07. The molecule has 1 N–H and O–H groups in total. The molecule has 6 heteroatoms. The number of carbonyl (C=O) groups excluding carboxylic acids is 1. The van der Waals surface area contributed by atoms with Gasteiger partial charge in [0, 0.05) is 22.7 Å². The monoisotopic (exact) mass is 367 g/mol. The first-order chi connectivity index (χ1) is 12.0. The van der Waals surface area contributed by atoms with E-state index in [0.29, 0.717) is 29.1 Å². The van der Waals surface area contributed by atoms with Crippen LogP contribution in [0.2, 0.25) is 5.02 Å². The molecular weight excluding hydrogens is 348 g/mol. The molecule has 25 heavy (non-hydrogen) atoms. The number of rotatable bonds is 7. The Morgan fingerprint density at radius 2 is 2.00 bits per heavy atom. The molecule has 0 saturated carbocycles. The molecule has 0 aromatic heterocycles. The third-order valence-electron chi connectivity index (χ3n) is 3.80. The SMILES string of the molecule is CCC(=O)Nc1cccc(Cl)c1COc1ccc(CC)cc1C(F)F. The molecule has 0 aliphatic heterocycles. The van der Waals surface area contributed by atoms with Crippen LogP contribution >= 0.6 is 11.6 Å². The van der Waals surface area contributed by atoms with Gasteiger partial charge in [-0.15, -0.1) is 0 Å². The van der Waals surface area contributed by atoms with Crippen LogP contribution in [0.25, 0.3) is 0 Å². The summed E-state index contributed by atoms with van der Waals surface area (Å²) in [6.07, 6.45) is -1.65. The van der Waals surface area contributed by atoms with Crippen molar-refractivity contribution in [3.8, 4) is 5.75 Å². The predicted molar refractivity (Wildman–Crippen MR) is 95.5 cm³/mol. The Morgan fingerprint density at radius 1 is 1.24 bits per heavy atom. The third-order valence-corrected chi connectivity index (χ3v) is 4.16. The number of aryl methyl sites for hydroxylation is 1. The highest BCUT2D eigenvalue weighted by molar-refractivity contribution is 6.31. The molecular formula is C19H20ClF2NO2. The molecule has 2 aromatic rings. The van der Waals surface area contributed by atoms with Gasteiger partial charge in [0.15, 0.2) is 0 Å². The van der Waals surface area contributed by atoms with Crippen LogP contribution < -0.4 is 10.1 Å². The van der Waals surface area contributed by atoms with Crippen molar-refractivity contribution in [1.82, 2.24) is 0 Å². The minimum Gasteiger partial charge on any atom is -0.488 e. The number of halogens is 3. The Morgan fingerprint density at radius 3 is 2.64 bits per heavy atom. The van der Waals surface area contributed by atoms with Gasteiger partial charge in [0.2, 0.25) is 5.91 Å². The second kappa shape index (κ2) is 8.81. The van der Waals surface area contributed by atoms with Gasteiger partial charge in [-0.25, -0.2) is 8.78 Å². The summed E-state index contributed by atoms with van der Waals surface area (Å²) in [5.74, 6) is -0.0519. The van der Waals surface area contributed by atoms with Crippen molar-refractivity contribution in [3.63, 3.8) is 0 Å². The van der Waals surface area contributed by atoms with Crippen LogP contribution in [0.5, 0.6) is 5.75 Å². The Labute approximate surface area is 151 Å². The van der Waals surface area contributed by atoms with E-state index in [1.807, 2.05) is 6.92 Å². The van der Waals surface area contributed by atoms with Gasteiger partial charge in [-0.05, 0) is 36.2 Å². The van der Waals surface area contributed by atoms with E-state index in [-0.39, 0.29) is 23.8 Å². The van der Waals surface area contributed by atoms with Gasteiger partial charge < -0.3 is 10.1 Å². The molecule has 0 atom stereocenters. The molecule has 0 heterocycles. The number of hydrogen-bond donors (Lipinski definition) is 1. The number of hydrogen-bond acceptors (Lipinski definition) is 2. The van der Waals surface area contributed by atoms with Crippen molar-refractivity contribution >= 4 is 23.2 Å². The van der Waals surface area contributed by atoms with E-state index in [4.69, 9.17) is 16.3 Å². The molecule has 0 aliphatic carbocycles. The lowest BCUT2D eigenvalue weighted by Gasteiger charge is -2.16. The van der Waals surface area contributed by atoms with Crippen molar-refractivity contribution in [2.45, 2.75) is 39.7 Å². The summed E-state index contributed by atoms with van der Waals surface area (Å²) in [5, 5.41) is 3.14. The maximum absolute atomic E-state index is 13.3. The second-order valence-electron chi connectivity index (χ2n) is 5.48. The van der Waals surface area contributed by atoms with E-state index in [9.17, 15) is 13.6 Å². The van der Waals surface area contributed by atoms with E-state index in [2.05, 4.69) is 5.32 Å². The number of amides is 1. The van der Waals surface area contributed by atoms with Crippen LogP contribution in [0.1, 0.15) is 43.4 Å². The molecule has 1 amide bonds. The van der Waals surface area contributed by atoms with Gasteiger partial charge in [-0.2, -0.15) is 0 Å². The maximum Gasteiger partial charge on any atom is 0.267 e. The molecule has 0 spiro atoms. The number of benzene rings is 2. The lowest BCUT2D eigenvalue weighted by Crippen LogP contribution is -2.12. The van der Waals surface area contributed by atoms with Crippen molar-refractivity contribution in [2.75, 3.05) is 5.32 Å². The fourth-order valence-corrected chi connectivity index (χ4v) is 2.56. The molecule has 134 valence electrons. The van der Waals surface area contributed by atoms with Crippen molar-refractivity contribution in [3.05, 3.63) is 58.1 Å². The van der Waals surface area contributed by atoms with E-state index in [1.165, 1.54) is 6.07 Å². The molecule has 3 nitrogen and oxygen atoms in total. The summed E-state index contributed by atoms with van der Waals surface area (Å²) in [6.45, 7) is 3.61. The van der Waals surface area contributed by atoms with E-state index in [0.717, 1.165) is 5.56 Å². The van der Waals surface area contributed by atoms with E-state index >= 15 is 0 Å². The quantitative estimate of drug-likeness (QED) is 0.674. The number of anilines is 1. The van der Waals surface area contributed by atoms with Crippen molar-refractivity contribution in [2.24, 2.45) is 0 Å². The van der Waals surface area contributed by atoms with Crippen LogP contribution in [0.3, 0.4) is 0 Å². The van der Waals surface area contributed by atoms with Gasteiger partial charge in [-0.3, -0.25) is 4.79 Å². The van der Waals surface area contributed by atoms with Crippen LogP contribution in [0.4, 0.5) is 14.5 Å². The number of ether oxygens (including phenoxy) is 1. The molecule has 0 aliphatic rings. The van der Waals surface area contributed by atoms with Gasteiger partial charge in [0.05, 0.1) is 5.56 Å². The average molecular weight is 368 g/mol. The first-order valence-corrected chi connectivity index (χ1v) is 8.45. The number of nitrogens with one attached hydrogen (secondary N) is 1. The summed E-state index contributed by atoms with van der Waals surface area (Å²) >= 11 is 6.19. The highest BCUT2D eigenvalue weighted by Gasteiger charge is 2.16. The normalized spacial score (nSPS) is 10.8. The minimum atomic E-state index is -2.63. The summed E-state index contributed by atoms with van der Waals surface area (Å²) in [4.78, 5) is 11.6. The van der Waals surface area contributed by atoms with Gasteiger partial charge in [0.25, 0.3) is 6.43 Å². The lowest BCUT2D eigenvalue weighted by atomic mass is 10.1. The van der Waals surface area contributed by atoms with Crippen LogP contribution in [-0.2, 0) is 17.8 Å². The summed E-state index contributed by atoms with van der Waals surface area (Å²) < 4.78 is 32.2. The van der Waals surface area contributed by atoms with Gasteiger partial charge in [-0.1, -0.05) is 37.6 Å². The standard InChI is InChI=1S/C19H20ClF2NO2/c1-3-12-8-9-17(13(10-12)19(21)22)25-11-14-15(20)6-5-7-16(14)23-18(24)4-2/h5-10,19H,3-4,11H2,1-2H3,(H,23,24). The molecule has 2 aromatic carbocycles. The Kier molecular flexibility index (Phi) is 6.76. The summed E-state index contributed by atoms with van der Waals surface area (Å²) in [7, 11) is 0. The smallest absolute Gasteiger partial charge is 0.267 e. The maximum atomic E-state index is 13.3. The largest absolute Gasteiger partial charge is 0.488 e. The fraction of sp³-hybridized carbons (Fsp3) is 0.316. The average Bonchev–Trinajstić information content (AvgIpc) is 2.60. The second-order valence-corrected chi connectivity index (χ2v) is 5.89. The van der Waals surface area contributed by atoms with E-state index < -0.39 is 6.43 Å². The highest BCUT2D eigenvalue weighted by Crippen LogP contribution is 2.32. The van der Waals surface area contributed by atoms with Crippen molar-refractivity contribution < 1.29 is 18.3 Å².